The molecule has 0 radical (unpaired) electrons. The van der Waals surface area contributed by atoms with E-state index < -0.39 is 22.0 Å². The number of sulfone groups is 1. The van der Waals surface area contributed by atoms with Gasteiger partial charge in [-0.2, -0.15) is 18.3 Å². The largest absolute Gasteiger partial charge is 0.490 e. The monoisotopic (exact) mass is 411 g/mol. The Bertz CT molecular complexity index is 971. The fourth-order valence-corrected chi connectivity index (χ4v) is 4.45. The van der Waals surface area contributed by atoms with Crippen LogP contribution in [0, 0.1) is 6.92 Å². The number of aryl methyl sites for hydroxylation is 1. The summed E-state index contributed by atoms with van der Waals surface area (Å²) < 4.78 is 58.4. The van der Waals surface area contributed by atoms with Gasteiger partial charge in [0.15, 0.2) is 0 Å². The van der Waals surface area contributed by atoms with Crippen LogP contribution in [0.2, 0.25) is 5.02 Å². The highest BCUT2D eigenvalue weighted by Crippen LogP contribution is 2.45. The molecule has 0 saturated heterocycles. The SMILES string of the molecule is Cc1nn(CCN)c2c1S(=O)(=O)c1ccc(Cl)cc1-2.O=C(O)C(F)(F)F. The zero-order valence-corrected chi connectivity index (χ0v) is 14.8. The summed E-state index contributed by atoms with van der Waals surface area (Å²) in [6, 6.07) is 4.79. The minimum Gasteiger partial charge on any atom is -0.475 e. The number of hydrogen-bond acceptors (Lipinski definition) is 5. The fourth-order valence-electron chi connectivity index (χ4n) is 2.46. The van der Waals surface area contributed by atoms with Gasteiger partial charge in [-0.25, -0.2) is 13.2 Å². The molecule has 3 rings (SSSR count). The molecule has 0 amide bonds. The molecule has 26 heavy (non-hydrogen) atoms. The van der Waals surface area contributed by atoms with E-state index in [9.17, 15) is 21.6 Å². The van der Waals surface area contributed by atoms with Gasteiger partial charge in [-0.05, 0) is 25.1 Å². The number of rotatable bonds is 2. The van der Waals surface area contributed by atoms with Gasteiger partial charge in [0.25, 0.3) is 0 Å². The number of hydrogen-bond donors (Lipinski definition) is 2. The van der Waals surface area contributed by atoms with Crippen LogP contribution in [0.1, 0.15) is 5.69 Å². The number of benzene rings is 1. The van der Waals surface area contributed by atoms with E-state index in [1.165, 1.54) is 0 Å². The standard InChI is InChI=1S/C12H12ClN3O2S.C2HF3O2/c1-7-12-11(16(15-7)5-4-14)9-6-8(13)2-3-10(9)19(12,17)18;3-2(4,5)1(6)7/h2-3,6H,4-5,14H2,1H3;(H,6,7). The van der Waals surface area contributed by atoms with E-state index >= 15 is 0 Å². The van der Waals surface area contributed by atoms with E-state index in [0.29, 0.717) is 35.1 Å². The molecule has 3 N–H and O–H groups in total. The van der Waals surface area contributed by atoms with Crippen molar-refractivity contribution in [3.8, 4) is 11.3 Å². The van der Waals surface area contributed by atoms with E-state index in [1.54, 1.807) is 29.8 Å². The van der Waals surface area contributed by atoms with Gasteiger partial charge in [-0.15, -0.1) is 0 Å². The number of carboxylic acid groups (broad SMARTS) is 1. The average molecular weight is 412 g/mol. The maximum atomic E-state index is 12.5. The zero-order chi connectivity index (χ0) is 19.9. The van der Waals surface area contributed by atoms with Crippen molar-refractivity contribution < 1.29 is 31.5 Å². The van der Waals surface area contributed by atoms with Crippen molar-refractivity contribution in [3.63, 3.8) is 0 Å². The van der Waals surface area contributed by atoms with Crippen molar-refractivity contribution in [3.05, 3.63) is 28.9 Å². The molecule has 0 saturated carbocycles. The normalized spacial score (nSPS) is 14.2. The number of nitrogens with zero attached hydrogens (tertiary/aromatic N) is 2. The lowest BCUT2D eigenvalue weighted by Gasteiger charge is -2.05. The predicted molar refractivity (Wildman–Crippen MR) is 85.6 cm³/mol. The molecule has 2 heterocycles. The topological polar surface area (TPSA) is 115 Å². The maximum absolute atomic E-state index is 12.5. The molecule has 1 aromatic carbocycles. The second-order valence-electron chi connectivity index (χ2n) is 5.22. The van der Waals surface area contributed by atoms with Crippen LogP contribution < -0.4 is 5.73 Å². The number of carbonyl (C=O) groups is 1. The first-order valence-electron chi connectivity index (χ1n) is 7.03. The first-order chi connectivity index (χ1) is 11.9. The van der Waals surface area contributed by atoms with Crippen LogP contribution >= 0.6 is 11.6 Å². The summed E-state index contributed by atoms with van der Waals surface area (Å²) in [4.78, 5) is 9.46. The molecule has 12 heteroatoms. The minimum atomic E-state index is -5.08. The van der Waals surface area contributed by atoms with Crippen LogP contribution in [-0.2, 0) is 21.2 Å². The van der Waals surface area contributed by atoms with E-state index in [0.717, 1.165) is 0 Å². The molecule has 0 bridgehead atoms. The third-order valence-electron chi connectivity index (χ3n) is 3.41. The van der Waals surface area contributed by atoms with E-state index in [1.807, 2.05) is 0 Å². The molecule has 1 aliphatic heterocycles. The zero-order valence-electron chi connectivity index (χ0n) is 13.2. The van der Waals surface area contributed by atoms with Gasteiger partial charge in [0.05, 0.1) is 22.8 Å². The van der Waals surface area contributed by atoms with Gasteiger partial charge in [0.2, 0.25) is 9.84 Å². The van der Waals surface area contributed by atoms with Crippen LogP contribution in [0.3, 0.4) is 0 Å². The van der Waals surface area contributed by atoms with E-state index in [4.69, 9.17) is 27.2 Å². The highest BCUT2D eigenvalue weighted by atomic mass is 35.5. The van der Waals surface area contributed by atoms with Gasteiger partial charge in [0, 0.05) is 17.1 Å². The molecular weight excluding hydrogens is 399 g/mol. The number of alkyl halides is 3. The first-order valence-corrected chi connectivity index (χ1v) is 8.90. The van der Waals surface area contributed by atoms with Crippen molar-refractivity contribution in [2.45, 2.75) is 29.4 Å². The summed E-state index contributed by atoms with van der Waals surface area (Å²) in [6.07, 6.45) is -5.08. The quantitative estimate of drug-likeness (QED) is 0.668. The molecule has 7 nitrogen and oxygen atoms in total. The number of aromatic nitrogens is 2. The van der Waals surface area contributed by atoms with Crippen LogP contribution in [0.4, 0.5) is 13.2 Å². The molecule has 0 spiro atoms. The molecule has 0 aliphatic carbocycles. The van der Waals surface area contributed by atoms with E-state index in [-0.39, 0.29) is 9.79 Å². The Hall–Kier alpha value is -2.11. The molecule has 142 valence electrons. The van der Waals surface area contributed by atoms with Crippen LogP contribution in [0.5, 0.6) is 0 Å². The molecule has 0 unspecified atom stereocenters. The van der Waals surface area contributed by atoms with Gasteiger partial charge in [-0.3, -0.25) is 4.68 Å². The Kier molecular flexibility index (Phi) is 5.36. The Balaban J connectivity index is 0.000000298. The van der Waals surface area contributed by atoms with Crippen molar-refractivity contribution >= 4 is 27.4 Å². The summed E-state index contributed by atoms with van der Waals surface area (Å²) in [5.41, 5.74) is 7.25. The molecule has 1 aliphatic rings. The molecule has 0 fully saturated rings. The predicted octanol–water partition coefficient (Wildman–Crippen LogP) is 2.25. The third kappa shape index (κ3) is 3.55. The highest BCUT2D eigenvalue weighted by molar-refractivity contribution is 7.92. The lowest BCUT2D eigenvalue weighted by Crippen LogP contribution is -2.21. The Morgan fingerprint density at radius 3 is 2.46 bits per heavy atom. The lowest BCUT2D eigenvalue weighted by atomic mass is 10.1. The van der Waals surface area contributed by atoms with Gasteiger partial charge in [0.1, 0.15) is 4.90 Å². The number of nitrogens with two attached hydrogens (primary N) is 1. The molecule has 2 aromatic rings. The minimum absolute atomic E-state index is 0.276. The smallest absolute Gasteiger partial charge is 0.475 e. The molecule has 0 atom stereocenters. The summed E-state index contributed by atoms with van der Waals surface area (Å²) in [5, 5.41) is 11.9. The van der Waals surface area contributed by atoms with Gasteiger partial charge < -0.3 is 10.8 Å². The van der Waals surface area contributed by atoms with Gasteiger partial charge in [-0.1, -0.05) is 11.6 Å². The lowest BCUT2D eigenvalue weighted by molar-refractivity contribution is -0.192. The van der Waals surface area contributed by atoms with E-state index in [2.05, 4.69) is 5.10 Å². The summed E-state index contributed by atoms with van der Waals surface area (Å²) in [7, 11) is -3.49. The first kappa shape index (κ1) is 20.2. The Morgan fingerprint density at radius 2 is 1.96 bits per heavy atom. The molecular formula is C14H13ClF3N3O4S. The van der Waals surface area contributed by atoms with Crippen LogP contribution in [-0.4, -0.2) is 42.0 Å². The number of aliphatic carboxylic acids is 1. The van der Waals surface area contributed by atoms with Crippen LogP contribution in [0.25, 0.3) is 11.3 Å². The maximum Gasteiger partial charge on any atom is 0.490 e. The summed E-state index contributed by atoms with van der Waals surface area (Å²) in [6.45, 7) is 2.55. The second-order valence-corrected chi connectivity index (χ2v) is 7.51. The summed E-state index contributed by atoms with van der Waals surface area (Å²) >= 11 is 5.97. The highest BCUT2D eigenvalue weighted by Gasteiger charge is 2.39. The Morgan fingerprint density at radius 1 is 1.38 bits per heavy atom. The number of carboxylic acids is 1. The van der Waals surface area contributed by atoms with Crippen molar-refractivity contribution in [2.24, 2.45) is 5.73 Å². The molecule has 1 aromatic heterocycles. The summed E-state index contributed by atoms with van der Waals surface area (Å²) in [5.74, 6) is -2.76. The second kappa shape index (κ2) is 6.89. The average Bonchev–Trinajstić information content (AvgIpc) is 2.94. The number of halogens is 4. The van der Waals surface area contributed by atoms with Crippen molar-refractivity contribution in [2.75, 3.05) is 6.54 Å². The van der Waals surface area contributed by atoms with Crippen molar-refractivity contribution in [1.82, 2.24) is 9.78 Å². The number of fused-ring (bicyclic) bond motifs is 3. The van der Waals surface area contributed by atoms with Crippen molar-refractivity contribution in [1.29, 1.82) is 0 Å². The van der Waals surface area contributed by atoms with Gasteiger partial charge >= 0.3 is 12.1 Å². The Labute approximate surface area is 151 Å². The fraction of sp³-hybridized carbons (Fsp3) is 0.286. The van der Waals surface area contributed by atoms with Crippen LogP contribution in [0.15, 0.2) is 28.0 Å². The third-order valence-corrected chi connectivity index (χ3v) is 5.61.